The number of aryl methyl sites for hydroxylation is 2. The quantitative estimate of drug-likeness (QED) is 0.122. The molecule has 0 aliphatic carbocycles. The van der Waals surface area contributed by atoms with Crippen LogP contribution in [0.5, 0.6) is 0 Å². The molecule has 184 valence electrons. The van der Waals surface area contributed by atoms with E-state index in [9.17, 15) is 9.90 Å². The molecule has 0 saturated carbocycles. The first kappa shape index (κ1) is 26.7. The molecule has 2 aromatic heterocycles. The van der Waals surface area contributed by atoms with Gasteiger partial charge in [0.05, 0.1) is 5.69 Å². The van der Waals surface area contributed by atoms with Gasteiger partial charge in [-0.05, 0) is 79.7 Å². The lowest BCUT2D eigenvalue weighted by atomic mass is 10.1. The zero-order valence-corrected chi connectivity index (χ0v) is 23.1. The number of ether oxygens (including phenoxy) is 1. The Morgan fingerprint density at radius 2 is 2.03 bits per heavy atom. The molecule has 0 aliphatic heterocycles. The number of benzene rings is 1. The molecule has 0 radical (unpaired) electrons. The van der Waals surface area contributed by atoms with Crippen molar-refractivity contribution < 1.29 is 14.6 Å². The fourth-order valence-corrected chi connectivity index (χ4v) is 4.17. The second-order valence-electron chi connectivity index (χ2n) is 8.67. The predicted octanol–water partition coefficient (Wildman–Crippen LogP) is 5.88. The molecule has 0 spiro atoms. The average molecular weight is 558 g/mol. The second-order valence-corrected chi connectivity index (χ2v) is 10.6. The van der Waals surface area contributed by atoms with Crippen molar-refractivity contribution in [3.05, 3.63) is 74.1 Å². The molecule has 0 saturated heterocycles. The molecule has 0 aliphatic rings. The van der Waals surface area contributed by atoms with Crippen LogP contribution in [0.3, 0.4) is 0 Å². The van der Waals surface area contributed by atoms with Gasteiger partial charge >= 0.3 is 0 Å². The summed E-state index contributed by atoms with van der Waals surface area (Å²) >= 11 is 4.91. The summed E-state index contributed by atoms with van der Waals surface area (Å²) < 4.78 is 6.11. The highest BCUT2D eigenvalue weighted by molar-refractivity contribution is 9.12. The number of anilines is 1. The summed E-state index contributed by atoms with van der Waals surface area (Å²) in [6, 6.07) is 9.86. The van der Waals surface area contributed by atoms with E-state index >= 15 is 0 Å². The third-order valence-electron chi connectivity index (χ3n) is 5.29. The van der Waals surface area contributed by atoms with Crippen molar-refractivity contribution >= 4 is 45.1 Å². The maximum absolute atomic E-state index is 11.4. The number of aliphatic hydroxyl groups is 1. The number of amidine groups is 1. The van der Waals surface area contributed by atoms with E-state index in [0.29, 0.717) is 30.2 Å². The summed E-state index contributed by atoms with van der Waals surface area (Å²) in [5, 5.41) is 12.3. The van der Waals surface area contributed by atoms with Crippen molar-refractivity contribution in [3.8, 4) is 11.3 Å². The van der Waals surface area contributed by atoms with E-state index in [1.807, 2.05) is 68.4 Å². The van der Waals surface area contributed by atoms with Crippen LogP contribution in [-0.4, -0.2) is 34.2 Å². The number of aromatic nitrogens is 2. The van der Waals surface area contributed by atoms with Gasteiger partial charge in [-0.2, -0.15) is 4.99 Å². The molecule has 0 unspecified atom stereocenters. The largest absolute Gasteiger partial charge is 0.472 e. The minimum atomic E-state index is -1.14. The first-order valence-electron chi connectivity index (χ1n) is 11.0. The van der Waals surface area contributed by atoms with Crippen LogP contribution < -0.4 is 4.90 Å². The Balaban J connectivity index is 1.90. The van der Waals surface area contributed by atoms with Crippen molar-refractivity contribution in [3.63, 3.8) is 0 Å². The molecule has 2 heterocycles. The van der Waals surface area contributed by atoms with Gasteiger partial charge in [-0.1, -0.05) is 12.1 Å². The summed E-state index contributed by atoms with van der Waals surface area (Å²) in [7, 11) is 1.90. The van der Waals surface area contributed by atoms with Crippen molar-refractivity contribution in [1.82, 2.24) is 9.97 Å². The number of thiophene rings is 1. The van der Waals surface area contributed by atoms with E-state index in [1.165, 1.54) is 4.88 Å². The number of carbonyl (C=O) groups is 1. The monoisotopic (exact) mass is 556 g/mol. The smallest absolute Gasteiger partial charge is 0.233 e. The first-order chi connectivity index (χ1) is 16.5. The molecule has 3 rings (SSSR count). The topological polar surface area (TPSA) is 87.9 Å². The van der Waals surface area contributed by atoms with Crippen molar-refractivity contribution in [2.45, 2.75) is 46.8 Å². The van der Waals surface area contributed by atoms with Gasteiger partial charge in [-0.25, -0.2) is 9.97 Å². The fourth-order valence-electron chi connectivity index (χ4n) is 3.27. The second kappa shape index (κ2) is 11.2. The average Bonchev–Trinajstić information content (AvgIpc) is 3.25. The van der Waals surface area contributed by atoms with E-state index in [2.05, 4.69) is 30.9 Å². The zero-order chi connectivity index (χ0) is 25.8. The van der Waals surface area contributed by atoms with E-state index in [0.717, 1.165) is 22.4 Å². The fraction of sp³-hybridized carbons (Fsp3) is 0.308. The van der Waals surface area contributed by atoms with Crippen LogP contribution in [0.15, 0.2) is 57.3 Å². The van der Waals surface area contributed by atoms with Gasteiger partial charge in [0.2, 0.25) is 5.88 Å². The first-order valence-corrected chi connectivity index (χ1v) is 12.6. The van der Waals surface area contributed by atoms with Gasteiger partial charge in [-0.3, -0.25) is 4.79 Å². The van der Waals surface area contributed by atoms with Crippen LogP contribution >= 0.6 is 27.3 Å². The number of aldehydes is 1. The lowest BCUT2D eigenvalue weighted by Gasteiger charge is -2.22. The molecule has 35 heavy (non-hydrogen) atoms. The summed E-state index contributed by atoms with van der Waals surface area (Å²) in [5.74, 6) is 1.21. The Labute approximate surface area is 218 Å². The highest BCUT2D eigenvalue weighted by Gasteiger charge is 2.20. The van der Waals surface area contributed by atoms with Gasteiger partial charge in [0, 0.05) is 34.9 Å². The molecular formula is C26H29BrN4O3S. The van der Waals surface area contributed by atoms with Crippen LogP contribution in [-0.2, 0) is 21.7 Å². The molecule has 3 aromatic rings. The predicted molar refractivity (Wildman–Crippen MR) is 145 cm³/mol. The van der Waals surface area contributed by atoms with Gasteiger partial charge in [0.25, 0.3) is 0 Å². The van der Waals surface area contributed by atoms with Crippen molar-refractivity contribution in [2.24, 2.45) is 4.99 Å². The molecular weight excluding hydrogens is 528 g/mol. The van der Waals surface area contributed by atoms with Crippen LogP contribution in [0, 0.1) is 13.8 Å². The molecule has 9 heteroatoms. The minimum absolute atomic E-state index is 0.215. The lowest BCUT2D eigenvalue weighted by molar-refractivity contribution is -0.104. The highest BCUT2D eigenvalue weighted by Crippen LogP contribution is 2.28. The maximum atomic E-state index is 11.4. The number of carbonyl (C=O) groups excluding carboxylic acids is 1. The Hall–Kier alpha value is -2.88. The molecule has 0 atom stereocenters. The number of rotatable bonds is 8. The Bertz CT molecular complexity index is 1280. The molecule has 1 aromatic carbocycles. The number of nitrogens with zero attached hydrogens (tertiary/aromatic N) is 4. The molecule has 0 bridgehead atoms. The summed E-state index contributed by atoms with van der Waals surface area (Å²) in [5.41, 5.74) is 3.43. The number of hydrogen-bond acceptors (Lipinski definition) is 7. The summed E-state index contributed by atoms with van der Waals surface area (Å²) in [6.45, 7) is 9.53. The van der Waals surface area contributed by atoms with Crippen LogP contribution in [0.25, 0.3) is 11.3 Å². The molecule has 7 nitrogen and oxygen atoms in total. The van der Waals surface area contributed by atoms with Crippen LogP contribution in [0.1, 0.15) is 42.6 Å². The number of allylic oxidation sites excluding steroid dienone is 1. The van der Waals surface area contributed by atoms with E-state index in [-0.39, 0.29) is 10.4 Å². The summed E-state index contributed by atoms with van der Waals surface area (Å²) in [6.07, 6.45) is 2.32. The SMILES string of the molecule is C/C(=N/C(OCc1csc(C)c1)=C(/Br)C=O)N(C)c1cc(-c2ccnc(C(C)(C)O)n2)ccc1C. The highest BCUT2D eigenvalue weighted by atomic mass is 79.9. The lowest BCUT2D eigenvalue weighted by Crippen LogP contribution is -2.24. The molecule has 0 amide bonds. The van der Waals surface area contributed by atoms with E-state index in [4.69, 9.17) is 4.74 Å². The Morgan fingerprint density at radius 1 is 1.29 bits per heavy atom. The van der Waals surface area contributed by atoms with Gasteiger partial charge in [0.1, 0.15) is 22.5 Å². The van der Waals surface area contributed by atoms with E-state index < -0.39 is 5.60 Å². The third kappa shape index (κ3) is 6.84. The van der Waals surface area contributed by atoms with Gasteiger partial charge in [0.15, 0.2) is 12.1 Å². The van der Waals surface area contributed by atoms with Gasteiger partial charge < -0.3 is 14.7 Å². The normalized spacial score (nSPS) is 12.9. The number of aliphatic imine (C=N–C) groups is 1. The zero-order valence-electron chi connectivity index (χ0n) is 20.7. The van der Waals surface area contributed by atoms with Crippen LogP contribution in [0.2, 0.25) is 0 Å². The molecule has 0 fully saturated rings. The van der Waals surface area contributed by atoms with Gasteiger partial charge in [-0.15, -0.1) is 11.3 Å². The number of hydrogen-bond donors (Lipinski definition) is 1. The maximum Gasteiger partial charge on any atom is 0.233 e. The standard InChI is InChI=1S/C26H29BrN4O3S/c1-16-7-8-20(22-9-10-28-25(30-22)26(4,5)33)12-23(16)31(6)18(3)29-24(21(27)13-32)34-14-19-11-17(2)35-15-19/h7-13,15,33H,14H2,1-6H3/b24-21-,29-18-. The minimum Gasteiger partial charge on any atom is -0.472 e. The van der Waals surface area contributed by atoms with E-state index in [1.54, 1.807) is 31.4 Å². The van der Waals surface area contributed by atoms with Crippen LogP contribution in [0.4, 0.5) is 5.69 Å². The van der Waals surface area contributed by atoms with Crippen molar-refractivity contribution in [1.29, 1.82) is 0 Å². The number of halogens is 1. The third-order valence-corrected chi connectivity index (χ3v) is 6.72. The Morgan fingerprint density at radius 3 is 2.66 bits per heavy atom. The molecule has 1 N–H and O–H groups in total. The summed E-state index contributed by atoms with van der Waals surface area (Å²) in [4.78, 5) is 27.9. The van der Waals surface area contributed by atoms with Crippen molar-refractivity contribution in [2.75, 3.05) is 11.9 Å². The Kier molecular flexibility index (Phi) is 8.58.